The molecule has 1 aliphatic heterocycles. The van der Waals surface area contributed by atoms with Crippen LogP contribution in [0.1, 0.15) is 37.2 Å². The average molecular weight is 250 g/mol. The Labute approximate surface area is 106 Å². The van der Waals surface area contributed by atoms with Gasteiger partial charge in [0, 0.05) is 12.6 Å². The van der Waals surface area contributed by atoms with E-state index in [0.717, 1.165) is 12.8 Å². The Balaban J connectivity index is 1.99. The number of hydrogen-bond donors (Lipinski definition) is 2. The first-order valence-corrected chi connectivity index (χ1v) is 5.99. The smallest absolute Gasteiger partial charge is 0.271 e. The van der Waals surface area contributed by atoms with Crippen LogP contribution < -0.4 is 11.1 Å². The van der Waals surface area contributed by atoms with Crippen molar-refractivity contribution in [2.45, 2.75) is 38.3 Å². The zero-order valence-corrected chi connectivity index (χ0v) is 10.6. The van der Waals surface area contributed by atoms with Crippen LogP contribution in [0.5, 0.6) is 0 Å². The third-order valence-corrected chi connectivity index (χ3v) is 2.92. The minimum atomic E-state index is -0.238. The van der Waals surface area contributed by atoms with Gasteiger partial charge in [0.25, 0.3) is 5.91 Å². The average Bonchev–Trinajstić information content (AvgIpc) is 2.27. The van der Waals surface area contributed by atoms with E-state index in [0.29, 0.717) is 6.61 Å². The number of anilines is 1. The Bertz CT molecular complexity index is 447. The maximum absolute atomic E-state index is 12.0. The number of nitrogens with one attached hydrogen (secondary N) is 1. The van der Waals surface area contributed by atoms with Crippen molar-refractivity contribution in [3.63, 3.8) is 0 Å². The molecule has 0 aliphatic carbocycles. The second kappa shape index (κ2) is 4.89. The number of nitrogens with zero attached hydrogens (tertiary/aromatic N) is 2. The molecule has 1 atom stereocenters. The predicted octanol–water partition coefficient (Wildman–Crippen LogP) is 0.746. The molecule has 6 heteroatoms. The summed E-state index contributed by atoms with van der Waals surface area (Å²) in [6, 6.07) is 0.101. The van der Waals surface area contributed by atoms with E-state index in [4.69, 9.17) is 10.5 Å². The minimum Gasteiger partial charge on any atom is -0.382 e. The lowest BCUT2D eigenvalue weighted by molar-refractivity contribution is -0.0615. The van der Waals surface area contributed by atoms with E-state index in [-0.39, 0.29) is 29.1 Å². The Kier molecular flexibility index (Phi) is 3.47. The Morgan fingerprint density at radius 3 is 3.00 bits per heavy atom. The second-order valence-electron chi connectivity index (χ2n) is 5.10. The molecular formula is C12H18N4O2. The zero-order valence-electron chi connectivity index (χ0n) is 10.6. The molecule has 0 spiro atoms. The van der Waals surface area contributed by atoms with E-state index >= 15 is 0 Å². The Hall–Kier alpha value is -1.69. The van der Waals surface area contributed by atoms with Crippen LogP contribution in [0.3, 0.4) is 0 Å². The first-order valence-electron chi connectivity index (χ1n) is 5.99. The fourth-order valence-corrected chi connectivity index (χ4v) is 2.10. The van der Waals surface area contributed by atoms with Crippen LogP contribution in [0.15, 0.2) is 12.4 Å². The van der Waals surface area contributed by atoms with Gasteiger partial charge in [-0.2, -0.15) is 0 Å². The molecule has 0 saturated carbocycles. The fraction of sp³-hybridized carbons (Fsp3) is 0.583. The first kappa shape index (κ1) is 12.8. The standard InChI is InChI=1S/C12H18N4O2/c1-12(2)5-8(3-4-18-12)15-11(17)9-6-14-7-10(13)16-9/h6-8H,3-5H2,1-2H3,(H2,13,16)(H,15,17). The van der Waals surface area contributed by atoms with Crippen molar-refractivity contribution in [2.75, 3.05) is 12.3 Å². The van der Waals surface area contributed by atoms with Crippen LogP contribution in [0.25, 0.3) is 0 Å². The SMILES string of the molecule is CC1(C)CC(NC(=O)c2cncc(N)n2)CCO1. The molecule has 3 N–H and O–H groups in total. The molecule has 1 saturated heterocycles. The van der Waals surface area contributed by atoms with Gasteiger partial charge < -0.3 is 15.8 Å². The molecule has 6 nitrogen and oxygen atoms in total. The van der Waals surface area contributed by atoms with Gasteiger partial charge in [0.2, 0.25) is 0 Å². The lowest BCUT2D eigenvalue weighted by Gasteiger charge is -2.35. The highest BCUT2D eigenvalue weighted by atomic mass is 16.5. The molecule has 1 aromatic heterocycles. The van der Waals surface area contributed by atoms with Crippen molar-refractivity contribution >= 4 is 11.7 Å². The van der Waals surface area contributed by atoms with E-state index in [2.05, 4.69) is 15.3 Å². The largest absolute Gasteiger partial charge is 0.382 e. The van der Waals surface area contributed by atoms with Crippen molar-refractivity contribution in [1.29, 1.82) is 0 Å². The van der Waals surface area contributed by atoms with E-state index in [9.17, 15) is 4.79 Å². The molecule has 1 fully saturated rings. The maximum atomic E-state index is 12.0. The zero-order chi connectivity index (χ0) is 13.2. The highest BCUT2D eigenvalue weighted by Gasteiger charge is 2.30. The van der Waals surface area contributed by atoms with Crippen molar-refractivity contribution in [3.05, 3.63) is 18.1 Å². The van der Waals surface area contributed by atoms with Gasteiger partial charge in [-0.3, -0.25) is 9.78 Å². The van der Waals surface area contributed by atoms with Gasteiger partial charge in [-0.1, -0.05) is 0 Å². The molecule has 0 radical (unpaired) electrons. The summed E-state index contributed by atoms with van der Waals surface area (Å²) < 4.78 is 5.60. The highest BCUT2D eigenvalue weighted by Crippen LogP contribution is 2.23. The van der Waals surface area contributed by atoms with Crippen molar-refractivity contribution < 1.29 is 9.53 Å². The highest BCUT2D eigenvalue weighted by molar-refractivity contribution is 5.92. The number of aromatic nitrogens is 2. The molecule has 2 rings (SSSR count). The van der Waals surface area contributed by atoms with E-state index < -0.39 is 0 Å². The van der Waals surface area contributed by atoms with Gasteiger partial charge in [0.1, 0.15) is 11.5 Å². The summed E-state index contributed by atoms with van der Waals surface area (Å²) in [7, 11) is 0. The third kappa shape index (κ3) is 3.16. The topological polar surface area (TPSA) is 90.1 Å². The monoisotopic (exact) mass is 250 g/mol. The number of carbonyl (C=O) groups excluding carboxylic acids is 1. The van der Waals surface area contributed by atoms with E-state index in [1.54, 1.807) is 0 Å². The first-order chi connectivity index (χ1) is 8.46. The number of ether oxygens (including phenoxy) is 1. The van der Waals surface area contributed by atoms with Crippen molar-refractivity contribution in [3.8, 4) is 0 Å². The van der Waals surface area contributed by atoms with Crippen LogP contribution in [0, 0.1) is 0 Å². The van der Waals surface area contributed by atoms with E-state index in [1.807, 2.05) is 13.8 Å². The fourth-order valence-electron chi connectivity index (χ4n) is 2.10. The quantitative estimate of drug-likeness (QED) is 0.808. The summed E-state index contributed by atoms with van der Waals surface area (Å²) in [6.07, 6.45) is 4.42. The van der Waals surface area contributed by atoms with Crippen LogP contribution in [-0.4, -0.2) is 34.1 Å². The van der Waals surface area contributed by atoms with Crippen molar-refractivity contribution in [2.24, 2.45) is 0 Å². The maximum Gasteiger partial charge on any atom is 0.271 e. The molecule has 0 aromatic carbocycles. The molecule has 18 heavy (non-hydrogen) atoms. The molecule has 1 amide bonds. The van der Waals surface area contributed by atoms with Gasteiger partial charge in [-0.05, 0) is 26.7 Å². The van der Waals surface area contributed by atoms with Crippen LogP contribution >= 0.6 is 0 Å². The normalized spacial score (nSPS) is 22.4. The molecule has 1 unspecified atom stereocenters. The van der Waals surface area contributed by atoms with Gasteiger partial charge in [-0.15, -0.1) is 0 Å². The number of carbonyl (C=O) groups is 1. The van der Waals surface area contributed by atoms with Gasteiger partial charge in [0.15, 0.2) is 0 Å². The number of amides is 1. The van der Waals surface area contributed by atoms with Gasteiger partial charge in [-0.25, -0.2) is 4.98 Å². The molecular weight excluding hydrogens is 232 g/mol. The summed E-state index contributed by atoms with van der Waals surface area (Å²) >= 11 is 0. The van der Waals surface area contributed by atoms with Gasteiger partial charge >= 0.3 is 0 Å². The summed E-state index contributed by atoms with van der Waals surface area (Å²) in [5.41, 5.74) is 5.55. The number of nitrogen functional groups attached to an aromatic ring is 1. The predicted molar refractivity (Wildman–Crippen MR) is 67.0 cm³/mol. The summed E-state index contributed by atoms with van der Waals surface area (Å²) in [5.74, 6) is 0.00690. The molecule has 1 aliphatic rings. The Morgan fingerprint density at radius 1 is 1.56 bits per heavy atom. The molecule has 2 heterocycles. The second-order valence-corrected chi connectivity index (χ2v) is 5.10. The van der Waals surface area contributed by atoms with Crippen LogP contribution in [0.4, 0.5) is 5.82 Å². The molecule has 98 valence electrons. The molecule has 1 aromatic rings. The van der Waals surface area contributed by atoms with Crippen molar-refractivity contribution in [1.82, 2.24) is 15.3 Å². The lowest BCUT2D eigenvalue weighted by Crippen LogP contribution is -2.46. The molecule has 0 bridgehead atoms. The number of rotatable bonds is 2. The summed E-state index contributed by atoms with van der Waals surface area (Å²) in [5, 5.41) is 2.94. The number of hydrogen-bond acceptors (Lipinski definition) is 5. The van der Waals surface area contributed by atoms with Crippen LogP contribution in [-0.2, 0) is 4.74 Å². The minimum absolute atomic E-state index is 0.101. The summed E-state index contributed by atoms with van der Waals surface area (Å²) in [6.45, 7) is 4.69. The third-order valence-electron chi connectivity index (χ3n) is 2.92. The Morgan fingerprint density at radius 2 is 2.33 bits per heavy atom. The number of nitrogens with two attached hydrogens (primary N) is 1. The van der Waals surface area contributed by atoms with Gasteiger partial charge in [0.05, 0.1) is 18.0 Å². The van der Waals surface area contributed by atoms with E-state index in [1.165, 1.54) is 12.4 Å². The summed E-state index contributed by atoms with van der Waals surface area (Å²) in [4.78, 5) is 19.8. The lowest BCUT2D eigenvalue weighted by atomic mass is 9.94. The van der Waals surface area contributed by atoms with Crippen LogP contribution in [0.2, 0.25) is 0 Å².